The van der Waals surface area contributed by atoms with E-state index in [0.29, 0.717) is 18.7 Å². The number of rotatable bonds is 4. The van der Waals surface area contributed by atoms with Crippen LogP contribution in [0.3, 0.4) is 0 Å². The number of nitrogens with zero attached hydrogens (tertiary/aromatic N) is 3. The fourth-order valence-electron chi connectivity index (χ4n) is 2.80. The lowest BCUT2D eigenvalue weighted by atomic mass is 10.0. The van der Waals surface area contributed by atoms with Crippen molar-refractivity contribution >= 4 is 17.2 Å². The fourth-order valence-corrected chi connectivity index (χ4v) is 3.75. The van der Waals surface area contributed by atoms with Crippen LogP contribution in [-0.2, 0) is 18.3 Å². The van der Waals surface area contributed by atoms with E-state index >= 15 is 0 Å². The van der Waals surface area contributed by atoms with Crippen molar-refractivity contribution in [3.05, 3.63) is 39.3 Å². The molecule has 1 aliphatic heterocycles. The van der Waals surface area contributed by atoms with Gasteiger partial charge in [0.2, 0.25) is 0 Å². The van der Waals surface area contributed by atoms with Crippen LogP contribution in [-0.4, -0.2) is 40.8 Å². The van der Waals surface area contributed by atoms with Crippen LogP contribution in [0.5, 0.6) is 0 Å². The van der Waals surface area contributed by atoms with Crippen molar-refractivity contribution in [3.63, 3.8) is 0 Å². The Morgan fingerprint density at radius 1 is 1.55 bits per heavy atom. The molecule has 6 heteroatoms. The van der Waals surface area contributed by atoms with Crippen LogP contribution in [0.1, 0.15) is 38.1 Å². The molecule has 0 aliphatic carbocycles. The van der Waals surface area contributed by atoms with Gasteiger partial charge in [0, 0.05) is 42.6 Å². The molecule has 3 heterocycles. The number of thiophene rings is 1. The van der Waals surface area contributed by atoms with Gasteiger partial charge in [-0.05, 0) is 25.5 Å². The highest BCUT2D eigenvalue weighted by Crippen LogP contribution is 2.27. The Balaban J connectivity index is 1.79. The summed E-state index contributed by atoms with van der Waals surface area (Å²) in [6.45, 7) is 4.12. The van der Waals surface area contributed by atoms with E-state index in [1.165, 1.54) is 9.75 Å². The Kier molecular flexibility index (Phi) is 4.31. The van der Waals surface area contributed by atoms with Gasteiger partial charge < -0.3 is 9.64 Å². The molecule has 0 N–H and O–H groups in total. The molecule has 5 nitrogen and oxygen atoms in total. The fraction of sp³-hybridized carbons (Fsp3) is 0.500. The van der Waals surface area contributed by atoms with Gasteiger partial charge in [-0.1, -0.05) is 0 Å². The predicted molar refractivity (Wildman–Crippen MR) is 86.2 cm³/mol. The van der Waals surface area contributed by atoms with E-state index < -0.39 is 0 Å². The number of carbonyl (C=O) groups excluding carboxylic acids is 1. The lowest BCUT2D eigenvalue weighted by molar-refractivity contribution is 0.0784. The Labute approximate surface area is 134 Å². The Hall–Kier alpha value is -1.66. The third-order valence-corrected chi connectivity index (χ3v) is 4.93. The summed E-state index contributed by atoms with van der Waals surface area (Å²) >= 11 is 1.73. The van der Waals surface area contributed by atoms with E-state index in [9.17, 15) is 4.79 Å². The van der Waals surface area contributed by atoms with Gasteiger partial charge in [-0.2, -0.15) is 5.10 Å². The van der Waals surface area contributed by atoms with Crippen molar-refractivity contribution in [2.75, 3.05) is 20.3 Å². The van der Waals surface area contributed by atoms with E-state index in [1.54, 1.807) is 20.9 Å². The van der Waals surface area contributed by atoms with E-state index in [4.69, 9.17) is 4.74 Å². The topological polar surface area (TPSA) is 47.4 Å². The predicted octanol–water partition coefficient (Wildman–Crippen LogP) is 2.57. The Bertz CT molecular complexity index is 671. The van der Waals surface area contributed by atoms with Crippen LogP contribution in [0.2, 0.25) is 0 Å². The molecule has 22 heavy (non-hydrogen) atoms. The SMILES string of the molecule is Cc1ccc(CN(C)C(=O)c2cn(C)nc2[C@H]2CCOC2)s1. The summed E-state index contributed by atoms with van der Waals surface area (Å²) in [4.78, 5) is 17.0. The first kappa shape index (κ1) is 15.2. The van der Waals surface area contributed by atoms with Crippen LogP contribution in [0.25, 0.3) is 0 Å². The highest BCUT2D eigenvalue weighted by molar-refractivity contribution is 7.11. The lowest BCUT2D eigenvalue weighted by Crippen LogP contribution is -2.26. The van der Waals surface area contributed by atoms with Crippen LogP contribution >= 0.6 is 11.3 Å². The molecule has 2 aromatic heterocycles. The largest absolute Gasteiger partial charge is 0.381 e. The number of aryl methyl sites for hydroxylation is 2. The molecule has 1 atom stereocenters. The molecule has 0 spiro atoms. The van der Waals surface area contributed by atoms with Gasteiger partial charge in [-0.15, -0.1) is 11.3 Å². The maximum absolute atomic E-state index is 12.8. The molecular weight excluding hydrogens is 298 g/mol. The quantitative estimate of drug-likeness (QED) is 0.870. The molecule has 1 saturated heterocycles. The number of hydrogen-bond donors (Lipinski definition) is 0. The first-order valence-electron chi connectivity index (χ1n) is 7.46. The van der Waals surface area contributed by atoms with E-state index in [0.717, 1.165) is 18.7 Å². The minimum Gasteiger partial charge on any atom is -0.381 e. The van der Waals surface area contributed by atoms with Crippen molar-refractivity contribution in [3.8, 4) is 0 Å². The van der Waals surface area contributed by atoms with Crippen LogP contribution in [0, 0.1) is 6.92 Å². The average Bonchev–Trinajstić information content (AvgIpc) is 3.18. The molecule has 0 unspecified atom stereocenters. The monoisotopic (exact) mass is 319 g/mol. The zero-order chi connectivity index (χ0) is 15.7. The number of carbonyl (C=O) groups is 1. The van der Waals surface area contributed by atoms with Crippen molar-refractivity contribution < 1.29 is 9.53 Å². The third-order valence-electron chi connectivity index (χ3n) is 3.94. The average molecular weight is 319 g/mol. The van der Waals surface area contributed by atoms with Crippen LogP contribution < -0.4 is 0 Å². The van der Waals surface area contributed by atoms with Crippen molar-refractivity contribution in [1.82, 2.24) is 14.7 Å². The summed E-state index contributed by atoms with van der Waals surface area (Å²) in [5, 5.41) is 4.50. The standard InChI is InChI=1S/C16H21N3O2S/c1-11-4-5-13(22-11)8-18(2)16(20)14-9-19(3)17-15(14)12-6-7-21-10-12/h4-5,9,12H,6-8,10H2,1-3H3/t12-/m0/s1. The highest BCUT2D eigenvalue weighted by atomic mass is 32.1. The number of hydrogen-bond acceptors (Lipinski definition) is 4. The van der Waals surface area contributed by atoms with E-state index in [-0.39, 0.29) is 11.8 Å². The van der Waals surface area contributed by atoms with Gasteiger partial charge in [0.25, 0.3) is 5.91 Å². The summed E-state index contributed by atoms with van der Waals surface area (Å²) in [6.07, 6.45) is 2.76. The molecule has 0 radical (unpaired) electrons. The first-order chi connectivity index (χ1) is 10.5. The van der Waals surface area contributed by atoms with Crippen molar-refractivity contribution in [2.24, 2.45) is 7.05 Å². The van der Waals surface area contributed by atoms with Gasteiger partial charge in [0.1, 0.15) is 0 Å². The number of amides is 1. The first-order valence-corrected chi connectivity index (χ1v) is 8.28. The van der Waals surface area contributed by atoms with Gasteiger partial charge in [-0.25, -0.2) is 0 Å². The molecule has 0 saturated carbocycles. The summed E-state index contributed by atoms with van der Waals surface area (Å²) in [5.41, 5.74) is 1.58. The normalized spacial score (nSPS) is 17.9. The van der Waals surface area contributed by atoms with Crippen LogP contribution in [0.15, 0.2) is 18.3 Å². The van der Waals surface area contributed by atoms with Gasteiger partial charge >= 0.3 is 0 Å². The maximum atomic E-state index is 12.8. The van der Waals surface area contributed by atoms with Gasteiger partial charge in [0.05, 0.1) is 24.4 Å². The van der Waals surface area contributed by atoms with E-state index in [1.807, 2.05) is 20.3 Å². The Morgan fingerprint density at radius 2 is 2.36 bits per heavy atom. The summed E-state index contributed by atoms with van der Waals surface area (Å²) in [5.74, 6) is 0.263. The summed E-state index contributed by atoms with van der Waals surface area (Å²) in [7, 11) is 3.71. The lowest BCUT2D eigenvalue weighted by Gasteiger charge is -2.17. The second-order valence-electron chi connectivity index (χ2n) is 5.84. The highest BCUT2D eigenvalue weighted by Gasteiger charge is 2.28. The van der Waals surface area contributed by atoms with Crippen molar-refractivity contribution in [2.45, 2.75) is 25.8 Å². The minimum absolute atomic E-state index is 0.0288. The second kappa shape index (κ2) is 6.22. The molecule has 3 rings (SSSR count). The summed E-state index contributed by atoms with van der Waals surface area (Å²) < 4.78 is 7.17. The minimum atomic E-state index is 0.0288. The van der Waals surface area contributed by atoms with Crippen molar-refractivity contribution in [1.29, 1.82) is 0 Å². The number of aromatic nitrogens is 2. The molecule has 0 aromatic carbocycles. The molecule has 2 aromatic rings. The maximum Gasteiger partial charge on any atom is 0.257 e. The molecule has 0 bridgehead atoms. The zero-order valence-corrected chi connectivity index (χ0v) is 14.0. The summed E-state index contributed by atoms with van der Waals surface area (Å²) in [6, 6.07) is 4.17. The smallest absolute Gasteiger partial charge is 0.257 e. The Morgan fingerprint density at radius 3 is 3.00 bits per heavy atom. The van der Waals surface area contributed by atoms with E-state index in [2.05, 4.69) is 24.2 Å². The molecule has 1 fully saturated rings. The molecule has 118 valence electrons. The molecule has 1 amide bonds. The third kappa shape index (κ3) is 3.08. The van der Waals surface area contributed by atoms with Gasteiger partial charge in [-0.3, -0.25) is 9.48 Å². The van der Waals surface area contributed by atoms with Gasteiger partial charge in [0.15, 0.2) is 0 Å². The molecule has 1 aliphatic rings. The number of ether oxygens (including phenoxy) is 1. The molecular formula is C16H21N3O2S. The zero-order valence-electron chi connectivity index (χ0n) is 13.2. The second-order valence-corrected chi connectivity index (χ2v) is 7.21. The van der Waals surface area contributed by atoms with Crippen LogP contribution in [0.4, 0.5) is 0 Å².